The van der Waals surface area contributed by atoms with Crippen LogP contribution in [0, 0.1) is 5.92 Å². The highest BCUT2D eigenvalue weighted by Gasteiger charge is 2.41. The van der Waals surface area contributed by atoms with Gasteiger partial charge in [0.25, 0.3) is 5.91 Å². The maximum atomic E-state index is 12.4. The third kappa shape index (κ3) is 4.01. The number of amides is 1. The van der Waals surface area contributed by atoms with Gasteiger partial charge in [0, 0.05) is 31.4 Å². The van der Waals surface area contributed by atoms with Crippen molar-refractivity contribution in [3.8, 4) is 0 Å². The Morgan fingerprint density at radius 3 is 2.50 bits per heavy atom. The van der Waals surface area contributed by atoms with Gasteiger partial charge in [-0.1, -0.05) is 13.3 Å². The summed E-state index contributed by atoms with van der Waals surface area (Å²) in [6.45, 7) is 5.77. The first kappa shape index (κ1) is 16.8. The van der Waals surface area contributed by atoms with Crippen LogP contribution >= 0.6 is 0 Å². The predicted octanol–water partition coefficient (Wildman–Crippen LogP) is 2.78. The van der Waals surface area contributed by atoms with Gasteiger partial charge < -0.3 is 16.0 Å². The second-order valence-electron chi connectivity index (χ2n) is 6.67. The van der Waals surface area contributed by atoms with Gasteiger partial charge in [0.2, 0.25) is 0 Å². The van der Waals surface area contributed by atoms with E-state index in [1.54, 1.807) is 0 Å². The largest absolute Gasteiger partial charge is 0.375 e. The number of rotatable bonds is 8. The van der Waals surface area contributed by atoms with Crippen molar-refractivity contribution in [3.63, 3.8) is 0 Å². The van der Waals surface area contributed by atoms with E-state index in [1.807, 2.05) is 24.3 Å². The first-order valence-electron chi connectivity index (χ1n) is 8.34. The second-order valence-corrected chi connectivity index (χ2v) is 6.67. The fraction of sp³-hybridized carbons (Fsp3) is 0.611. The SMILES string of the molecule is CCCCN(C)c1ccc(C(=O)NC(C)(CN)C2CC2)cc1. The molecule has 4 heteroatoms. The maximum Gasteiger partial charge on any atom is 0.251 e. The maximum absolute atomic E-state index is 12.4. The molecule has 0 saturated heterocycles. The lowest BCUT2D eigenvalue weighted by atomic mass is 9.95. The van der Waals surface area contributed by atoms with Crippen molar-refractivity contribution in [3.05, 3.63) is 29.8 Å². The highest BCUT2D eigenvalue weighted by atomic mass is 16.1. The van der Waals surface area contributed by atoms with Crippen LogP contribution in [0.4, 0.5) is 5.69 Å². The Hall–Kier alpha value is -1.55. The zero-order valence-electron chi connectivity index (χ0n) is 14.1. The summed E-state index contributed by atoms with van der Waals surface area (Å²) in [4.78, 5) is 14.6. The summed E-state index contributed by atoms with van der Waals surface area (Å²) in [5, 5.41) is 3.13. The zero-order valence-corrected chi connectivity index (χ0v) is 14.1. The van der Waals surface area contributed by atoms with Crippen molar-refractivity contribution >= 4 is 11.6 Å². The molecule has 3 N–H and O–H groups in total. The molecule has 1 aliphatic carbocycles. The van der Waals surface area contributed by atoms with Crippen molar-refractivity contribution in [1.29, 1.82) is 0 Å². The van der Waals surface area contributed by atoms with Crippen LogP contribution in [0.3, 0.4) is 0 Å². The number of hydrogen-bond donors (Lipinski definition) is 2. The number of nitrogens with two attached hydrogens (primary N) is 1. The van der Waals surface area contributed by atoms with Crippen molar-refractivity contribution in [2.24, 2.45) is 11.7 Å². The van der Waals surface area contributed by atoms with Crippen LogP contribution in [0.5, 0.6) is 0 Å². The molecule has 1 unspecified atom stereocenters. The highest BCUT2D eigenvalue weighted by Crippen LogP contribution is 2.39. The average Bonchev–Trinajstić information content (AvgIpc) is 3.37. The molecule has 0 aromatic heterocycles. The van der Waals surface area contributed by atoms with E-state index in [-0.39, 0.29) is 11.4 Å². The molecule has 1 aliphatic rings. The molecule has 0 heterocycles. The lowest BCUT2D eigenvalue weighted by molar-refractivity contribution is 0.0898. The van der Waals surface area contributed by atoms with Gasteiger partial charge in [-0.3, -0.25) is 4.79 Å². The molecule has 1 atom stereocenters. The van der Waals surface area contributed by atoms with Crippen LogP contribution in [0.1, 0.15) is 49.9 Å². The Morgan fingerprint density at radius 2 is 2.00 bits per heavy atom. The summed E-state index contributed by atoms with van der Waals surface area (Å²) < 4.78 is 0. The lowest BCUT2D eigenvalue weighted by Gasteiger charge is -2.29. The van der Waals surface area contributed by atoms with E-state index in [1.165, 1.54) is 12.8 Å². The van der Waals surface area contributed by atoms with Gasteiger partial charge in [0.05, 0.1) is 5.54 Å². The number of benzene rings is 1. The molecular weight excluding hydrogens is 274 g/mol. The Labute approximate surface area is 134 Å². The van der Waals surface area contributed by atoms with Gasteiger partial charge >= 0.3 is 0 Å². The van der Waals surface area contributed by atoms with Crippen molar-refractivity contribution in [2.45, 2.75) is 45.1 Å². The fourth-order valence-corrected chi connectivity index (χ4v) is 2.76. The van der Waals surface area contributed by atoms with Crippen LogP contribution in [0.25, 0.3) is 0 Å². The smallest absolute Gasteiger partial charge is 0.251 e. The number of hydrogen-bond acceptors (Lipinski definition) is 3. The Balaban J connectivity index is 1.98. The number of anilines is 1. The molecule has 122 valence electrons. The Bertz CT molecular complexity index is 496. The summed E-state index contributed by atoms with van der Waals surface area (Å²) in [5.41, 5.74) is 7.44. The van der Waals surface area contributed by atoms with Crippen LogP contribution in [-0.2, 0) is 0 Å². The normalized spacial score (nSPS) is 16.9. The third-order valence-corrected chi connectivity index (χ3v) is 4.72. The summed E-state index contributed by atoms with van der Waals surface area (Å²) in [6, 6.07) is 7.83. The molecule has 1 aromatic rings. The van der Waals surface area contributed by atoms with Crippen molar-refractivity contribution in [2.75, 3.05) is 25.0 Å². The average molecular weight is 303 g/mol. The number of nitrogens with one attached hydrogen (secondary N) is 1. The monoisotopic (exact) mass is 303 g/mol. The van der Waals surface area contributed by atoms with Gasteiger partial charge in [-0.15, -0.1) is 0 Å². The third-order valence-electron chi connectivity index (χ3n) is 4.72. The Kier molecular flexibility index (Phi) is 5.46. The molecule has 0 spiro atoms. The van der Waals surface area contributed by atoms with Crippen LogP contribution in [-0.4, -0.2) is 31.6 Å². The second kappa shape index (κ2) is 7.14. The number of nitrogens with zero attached hydrogens (tertiary/aromatic N) is 1. The standard InChI is InChI=1S/C18H29N3O/c1-4-5-12-21(3)16-10-6-14(7-11-16)17(22)20-18(2,13-19)15-8-9-15/h6-7,10-11,15H,4-5,8-9,12-13,19H2,1-3H3,(H,20,22). The van der Waals surface area contributed by atoms with Crippen molar-refractivity contribution < 1.29 is 4.79 Å². The van der Waals surface area contributed by atoms with E-state index < -0.39 is 0 Å². The molecule has 4 nitrogen and oxygen atoms in total. The van der Waals surface area contributed by atoms with Crippen LogP contribution in [0.2, 0.25) is 0 Å². The fourth-order valence-electron chi connectivity index (χ4n) is 2.76. The molecule has 1 fully saturated rings. The minimum Gasteiger partial charge on any atom is -0.375 e. The molecule has 1 aromatic carbocycles. The Morgan fingerprint density at radius 1 is 1.36 bits per heavy atom. The van der Waals surface area contributed by atoms with E-state index in [0.29, 0.717) is 18.0 Å². The van der Waals surface area contributed by atoms with E-state index in [4.69, 9.17) is 5.73 Å². The summed E-state index contributed by atoms with van der Waals surface area (Å²) in [6.07, 6.45) is 4.68. The van der Waals surface area contributed by atoms with Gasteiger partial charge in [0.15, 0.2) is 0 Å². The molecule has 1 saturated carbocycles. The summed E-state index contributed by atoms with van der Waals surface area (Å²) in [7, 11) is 2.09. The van der Waals surface area contributed by atoms with E-state index in [0.717, 1.165) is 25.1 Å². The number of carbonyl (C=O) groups is 1. The molecule has 2 rings (SSSR count). The molecule has 22 heavy (non-hydrogen) atoms. The quantitative estimate of drug-likeness (QED) is 0.776. The minimum absolute atomic E-state index is 0.0254. The summed E-state index contributed by atoms with van der Waals surface area (Å²) in [5.74, 6) is 0.503. The van der Waals surface area contributed by atoms with Crippen molar-refractivity contribution in [1.82, 2.24) is 5.32 Å². The van der Waals surface area contributed by atoms with Gasteiger partial charge in [0.1, 0.15) is 0 Å². The zero-order chi connectivity index (χ0) is 16.2. The van der Waals surface area contributed by atoms with Gasteiger partial charge in [-0.05, 0) is 56.4 Å². The van der Waals surface area contributed by atoms with E-state index in [9.17, 15) is 4.79 Å². The lowest BCUT2D eigenvalue weighted by Crippen LogP contribution is -2.53. The number of unbranched alkanes of at least 4 members (excludes halogenated alkanes) is 1. The van der Waals surface area contributed by atoms with E-state index in [2.05, 4.69) is 31.1 Å². The highest BCUT2D eigenvalue weighted by molar-refractivity contribution is 5.95. The molecule has 1 amide bonds. The predicted molar refractivity (Wildman–Crippen MR) is 92.3 cm³/mol. The molecule has 0 radical (unpaired) electrons. The van der Waals surface area contributed by atoms with Crippen LogP contribution in [0.15, 0.2) is 24.3 Å². The number of carbonyl (C=O) groups excluding carboxylic acids is 1. The molecular formula is C18H29N3O. The minimum atomic E-state index is -0.270. The topological polar surface area (TPSA) is 58.4 Å². The van der Waals surface area contributed by atoms with E-state index >= 15 is 0 Å². The summed E-state index contributed by atoms with van der Waals surface area (Å²) >= 11 is 0. The molecule has 0 bridgehead atoms. The first-order chi connectivity index (χ1) is 10.5. The first-order valence-corrected chi connectivity index (χ1v) is 8.34. The van der Waals surface area contributed by atoms with Gasteiger partial charge in [-0.25, -0.2) is 0 Å². The van der Waals surface area contributed by atoms with Gasteiger partial charge in [-0.2, -0.15) is 0 Å². The van der Waals surface area contributed by atoms with Crippen LogP contribution < -0.4 is 16.0 Å². The molecule has 0 aliphatic heterocycles.